The zero-order chi connectivity index (χ0) is 19.0. The molecule has 2 aromatic carbocycles. The topological polar surface area (TPSA) is 60.7 Å². The maximum Gasteiger partial charge on any atom is 0.190 e. The van der Waals surface area contributed by atoms with E-state index in [0.717, 1.165) is 33.5 Å². The highest BCUT2D eigenvalue weighted by molar-refractivity contribution is 5.96. The minimum absolute atomic E-state index is 0.0770. The van der Waals surface area contributed by atoms with Gasteiger partial charge in [0.25, 0.3) is 0 Å². The number of hydrogen-bond acceptors (Lipinski definition) is 4. The Kier molecular flexibility index (Phi) is 4.28. The Balaban J connectivity index is 1.64. The van der Waals surface area contributed by atoms with Gasteiger partial charge in [0, 0.05) is 11.1 Å². The lowest BCUT2D eigenvalue weighted by molar-refractivity contribution is 0.0986. The molecule has 27 heavy (non-hydrogen) atoms. The SMILES string of the molecule is Cc1cccc(-n2nnc(C(=O)Cc3ccc4ccccc4n3)c2C)c1C. The number of nitrogens with zero attached hydrogens (tertiary/aromatic N) is 4. The van der Waals surface area contributed by atoms with E-state index in [2.05, 4.69) is 28.3 Å². The van der Waals surface area contributed by atoms with Crippen LogP contribution in [0, 0.1) is 20.8 Å². The molecule has 2 heterocycles. The summed E-state index contributed by atoms with van der Waals surface area (Å²) in [4.78, 5) is 17.4. The molecule has 5 heteroatoms. The predicted octanol–water partition coefficient (Wildman–Crippen LogP) is 4.17. The second kappa shape index (κ2) is 6.76. The molecule has 0 amide bonds. The summed E-state index contributed by atoms with van der Waals surface area (Å²) in [7, 11) is 0. The van der Waals surface area contributed by atoms with Crippen molar-refractivity contribution in [3.05, 3.63) is 82.8 Å². The number of carbonyl (C=O) groups is 1. The Morgan fingerprint density at radius 2 is 1.78 bits per heavy atom. The molecule has 0 aliphatic carbocycles. The third kappa shape index (κ3) is 3.12. The van der Waals surface area contributed by atoms with E-state index in [9.17, 15) is 4.79 Å². The number of aryl methyl sites for hydroxylation is 1. The number of fused-ring (bicyclic) bond motifs is 1. The number of ketones is 1. The molecule has 0 saturated heterocycles. The van der Waals surface area contributed by atoms with Crippen molar-refractivity contribution < 1.29 is 4.79 Å². The van der Waals surface area contributed by atoms with Crippen molar-refractivity contribution in [1.29, 1.82) is 0 Å². The van der Waals surface area contributed by atoms with Crippen LogP contribution < -0.4 is 0 Å². The average molecular weight is 356 g/mol. The number of benzene rings is 2. The lowest BCUT2D eigenvalue weighted by Gasteiger charge is -2.09. The van der Waals surface area contributed by atoms with Gasteiger partial charge in [0.05, 0.1) is 23.3 Å². The summed E-state index contributed by atoms with van der Waals surface area (Å²) in [6.45, 7) is 5.98. The first-order valence-corrected chi connectivity index (χ1v) is 8.91. The van der Waals surface area contributed by atoms with E-state index in [0.29, 0.717) is 5.69 Å². The number of carbonyl (C=O) groups excluding carboxylic acids is 1. The zero-order valence-corrected chi connectivity index (χ0v) is 15.6. The molecule has 0 aliphatic rings. The van der Waals surface area contributed by atoms with Gasteiger partial charge in [-0.05, 0) is 50.1 Å². The van der Waals surface area contributed by atoms with Crippen molar-refractivity contribution in [2.75, 3.05) is 0 Å². The van der Waals surface area contributed by atoms with Crippen LogP contribution in [-0.4, -0.2) is 25.8 Å². The highest BCUT2D eigenvalue weighted by Crippen LogP contribution is 2.20. The molecule has 5 nitrogen and oxygen atoms in total. The lowest BCUT2D eigenvalue weighted by atomic mass is 10.1. The molecule has 0 radical (unpaired) electrons. The highest BCUT2D eigenvalue weighted by atomic mass is 16.1. The maximum absolute atomic E-state index is 12.8. The third-order valence-corrected chi connectivity index (χ3v) is 4.96. The monoisotopic (exact) mass is 356 g/mol. The first-order chi connectivity index (χ1) is 13.0. The summed E-state index contributed by atoms with van der Waals surface area (Å²) < 4.78 is 1.74. The summed E-state index contributed by atoms with van der Waals surface area (Å²) in [6.07, 6.45) is 0.206. The van der Waals surface area contributed by atoms with E-state index in [1.54, 1.807) is 4.68 Å². The van der Waals surface area contributed by atoms with Crippen molar-refractivity contribution in [2.24, 2.45) is 0 Å². The number of rotatable bonds is 4. The van der Waals surface area contributed by atoms with Gasteiger partial charge < -0.3 is 0 Å². The van der Waals surface area contributed by atoms with Gasteiger partial charge >= 0.3 is 0 Å². The van der Waals surface area contributed by atoms with Crippen LogP contribution in [0.1, 0.15) is 33.0 Å². The van der Waals surface area contributed by atoms with Crippen LogP contribution in [-0.2, 0) is 6.42 Å². The molecule has 0 atom stereocenters. The van der Waals surface area contributed by atoms with E-state index in [4.69, 9.17) is 0 Å². The van der Waals surface area contributed by atoms with Crippen LogP contribution >= 0.6 is 0 Å². The summed E-state index contributed by atoms with van der Waals surface area (Å²) in [5.74, 6) is -0.0770. The fourth-order valence-corrected chi connectivity index (χ4v) is 3.24. The Hall–Kier alpha value is -3.34. The van der Waals surface area contributed by atoms with E-state index in [1.165, 1.54) is 5.56 Å². The summed E-state index contributed by atoms with van der Waals surface area (Å²) in [6, 6.07) is 17.8. The lowest BCUT2D eigenvalue weighted by Crippen LogP contribution is -2.08. The fourth-order valence-electron chi connectivity index (χ4n) is 3.24. The second-order valence-electron chi connectivity index (χ2n) is 6.75. The van der Waals surface area contributed by atoms with Gasteiger partial charge in [-0.1, -0.05) is 41.6 Å². The van der Waals surface area contributed by atoms with E-state index >= 15 is 0 Å². The highest BCUT2D eigenvalue weighted by Gasteiger charge is 2.19. The molecular weight excluding hydrogens is 336 g/mol. The molecule has 0 saturated carbocycles. The van der Waals surface area contributed by atoms with Gasteiger partial charge in [0.2, 0.25) is 0 Å². The van der Waals surface area contributed by atoms with Gasteiger partial charge in [-0.3, -0.25) is 9.78 Å². The minimum atomic E-state index is -0.0770. The van der Waals surface area contributed by atoms with E-state index < -0.39 is 0 Å². The minimum Gasteiger partial charge on any atom is -0.292 e. The standard InChI is InChI=1S/C22H20N4O/c1-14-7-6-10-20(15(14)2)26-16(3)22(24-25-26)21(27)13-18-12-11-17-8-4-5-9-19(17)23-18/h4-12H,13H2,1-3H3. The van der Waals surface area contributed by atoms with Crippen LogP contribution in [0.3, 0.4) is 0 Å². The molecule has 2 aromatic heterocycles. The van der Waals surface area contributed by atoms with Gasteiger partial charge in [0.15, 0.2) is 11.5 Å². The number of aromatic nitrogens is 4. The van der Waals surface area contributed by atoms with Crippen LogP contribution in [0.15, 0.2) is 54.6 Å². The number of Topliss-reactive ketones (excluding diaryl/α,β-unsaturated/α-hetero) is 1. The van der Waals surface area contributed by atoms with Gasteiger partial charge in [-0.2, -0.15) is 0 Å². The Morgan fingerprint density at radius 3 is 2.63 bits per heavy atom. The molecule has 4 aromatic rings. The quantitative estimate of drug-likeness (QED) is 0.515. The largest absolute Gasteiger partial charge is 0.292 e. The van der Waals surface area contributed by atoms with E-state index in [1.807, 2.05) is 62.4 Å². The first-order valence-electron chi connectivity index (χ1n) is 8.91. The van der Waals surface area contributed by atoms with Gasteiger partial charge in [0.1, 0.15) is 0 Å². The van der Waals surface area contributed by atoms with Crippen molar-refractivity contribution in [2.45, 2.75) is 27.2 Å². The van der Waals surface area contributed by atoms with Gasteiger partial charge in [-0.15, -0.1) is 5.10 Å². The fraction of sp³-hybridized carbons (Fsp3) is 0.182. The summed E-state index contributed by atoms with van der Waals surface area (Å²) >= 11 is 0. The normalized spacial score (nSPS) is 11.1. The smallest absolute Gasteiger partial charge is 0.190 e. The number of pyridine rings is 1. The molecule has 0 spiro atoms. The number of hydrogen-bond donors (Lipinski definition) is 0. The van der Waals surface area contributed by atoms with Crippen LogP contribution in [0.25, 0.3) is 16.6 Å². The Bertz CT molecular complexity index is 1160. The Labute approximate surface area is 157 Å². The Morgan fingerprint density at radius 1 is 0.963 bits per heavy atom. The molecular formula is C22H20N4O. The van der Waals surface area contributed by atoms with Crippen molar-refractivity contribution >= 4 is 16.7 Å². The number of para-hydroxylation sites is 1. The molecule has 134 valence electrons. The van der Waals surface area contributed by atoms with Gasteiger partial charge in [-0.25, -0.2) is 4.68 Å². The summed E-state index contributed by atoms with van der Waals surface area (Å²) in [5, 5.41) is 9.44. The first kappa shape index (κ1) is 17.1. The molecule has 4 rings (SSSR count). The molecule has 0 unspecified atom stereocenters. The molecule has 0 N–H and O–H groups in total. The van der Waals surface area contributed by atoms with Crippen LogP contribution in [0.2, 0.25) is 0 Å². The second-order valence-corrected chi connectivity index (χ2v) is 6.75. The average Bonchev–Trinajstić information content (AvgIpc) is 3.05. The zero-order valence-electron chi connectivity index (χ0n) is 15.6. The van der Waals surface area contributed by atoms with Crippen LogP contribution in [0.5, 0.6) is 0 Å². The van der Waals surface area contributed by atoms with Crippen molar-refractivity contribution in [3.8, 4) is 5.69 Å². The molecule has 0 fully saturated rings. The van der Waals surface area contributed by atoms with Crippen molar-refractivity contribution in [1.82, 2.24) is 20.0 Å². The molecule has 0 aliphatic heterocycles. The third-order valence-electron chi connectivity index (χ3n) is 4.96. The van der Waals surface area contributed by atoms with E-state index in [-0.39, 0.29) is 12.2 Å². The maximum atomic E-state index is 12.8. The van der Waals surface area contributed by atoms with Crippen LogP contribution in [0.4, 0.5) is 0 Å². The summed E-state index contributed by atoms with van der Waals surface area (Å²) in [5.41, 5.74) is 6.01. The predicted molar refractivity (Wildman–Crippen MR) is 105 cm³/mol. The van der Waals surface area contributed by atoms with Crippen molar-refractivity contribution in [3.63, 3.8) is 0 Å². The molecule has 0 bridgehead atoms.